The quantitative estimate of drug-likeness (QED) is 0.681. The summed E-state index contributed by atoms with van der Waals surface area (Å²) in [5.41, 5.74) is -0.332. The first kappa shape index (κ1) is 18.8. The number of aliphatic hydroxyl groups is 1. The van der Waals surface area contributed by atoms with Crippen LogP contribution in [0.3, 0.4) is 0 Å². The second-order valence-corrected chi connectivity index (χ2v) is 8.26. The fourth-order valence-electron chi connectivity index (χ4n) is 2.46. The predicted molar refractivity (Wildman–Crippen MR) is 93.4 cm³/mol. The second-order valence-electron chi connectivity index (χ2n) is 5.58. The summed E-state index contributed by atoms with van der Waals surface area (Å²) in [6.45, 7) is -0.288. The molecule has 1 atom stereocenters. The molecule has 2 N–H and O–H groups in total. The van der Waals surface area contributed by atoms with E-state index >= 15 is 0 Å². The highest BCUT2D eigenvalue weighted by Crippen LogP contribution is 2.31. The molecule has 1 heterocycles. The number of hydrogen-bond acceptors (Lipinski definition) is 4. The van der Waals surface area contributed by atoms with Crippen LogP contribution in [0.15, 0.2) is 58.8 Å². The highest BCUT2D eigenvalue weighted by molar-refractivity contribution is 7.89. The minimum Gasteiger partial charge on any atom is -0.387 e. The molecule has 0 spiro atoms. The molecule has 0 amide bonds. The Morgan fingerprint density at radius 2 is 1.73 bits per heavy atom. The molecule has 0 aliphatic rings. The van der Waals surface area contributed by atoms with Crippen LogP contribution in [-0.4, -0.2) is 20.1 Å². The van der Waals surface area contributed by atoms with Gasteiger partial charge in [0.05, 0.1) is 16.6 Å². The van der Waals surface area contributed by atoms with Gasteiger partial charge in [0.25, 0.3) is 0 Å². The van der Waals surface area contributed by atoms with Crippen LogP contribution in [0.25, 0.3) is 10.1 Å². The van der Waals surface area contributed by atoms with Crippen LogP contribution in [0.2, 0.25) is 0 Å². The van der Waals surface area contributed by atoms with Crippen molar-refractivity contribution in [2.45, 2.75) is 17.2 Å². The number of sulfonamides is 1. The van der Waals surface area contributed by atoms with Crippen molar-refractivity contribution >= 4 is 31.4 Å². The van der Waals surface area contributed by atoms with Gasteiger partial charge in [-0.05, 0) is 41.1 Å². The Balaban J connectivity index is 1.73. The maximum atomic E-state index is 12.6. The fourth-order valence-corrected chi connectivity index (χ4v) is 4.51. The van der Waals surface area contributed by atoms with Crippen molar-refractivity contribution in [2.75, 3.05) is 6.54 Å². The van der Waals surface area contributed by atoms with Crippen molar-refractivity contribution < 1.29 is 26.7 Å². The Hall–Kier alpha value is -1.94. The smallest absolute Gasteiger partial charge is 0.387 e. The topological polar surface area (TPSA) is 66.4 Å². The third kappa shape index (κ3) is 3.90. The summed E-state index contributed by atoms with van der Waals surface area (Å²) in [7, 11) is -4.04. The van der Waals surface area contributed by atoms with E-state index in [0.717, 1.165) is 22.2 Å². The summed E-state index contributed by atoms with van der Waals surface area (Å²) in [5, 5.41) is 12.9. The summed E-state index contributed by atoms with van der Waals surface area (Å²) in [5.74, 6) is 0. The van der Waals surface area contributed by atoms with Crippen molar-refractivity contribution in [2.24, 2.45) is 0 Å². The van der Waals surface area contributed by atoms with E-state index in [1.807, 2.05) is 24.3 Å². The lowest BCUT2D eigenvalue weighted by Gasteiger charge is -2.13. The van der Waals surface area contributed by atoms with Gasteiger partial charge in [-0.25, -0.2) is 13.1 Å². The Kier molecular flexibility index (Phi) is 5.07. The molecule has 4 nitrogen and oxygen atoms in total. The number of nitrogens with one attached hydrogen (secondary N) is 1. The summed E-state index contributed by atoms with van der Waals surface area (Å²) in [4.78, 5) is -0.298. The zero-order valence-electron chi connectivity index (χ0n) is 13.2. The van der Waals surface area contributed by atoms with Crippen LogP contribution in [0, 0.1) is 0 Å². The number of aliphatic hydroxyl groups excluding tert-OH is 1. The third-order valence-electron chi connectivity index (χ3n) is 3.83. The molecule has 3 rings (SSSR count). The molecule has 1 aromatic heterocycles. The Bertz CT molecular complexity index is 1010. The first-order valence-electron chi connectivity index (χ1n) is 7.49. The first-order chi connectivity index (χ1) is 12.2. The van der Waals surface area contributed by atoms with E-state index in [1.54, 1.807) is 5.38 Å². The second kappa shape index (κ2) is 6.99. The van der Waals surface area contributed by atoms with Gasteiger partial charge in [-0.3, -0.25) is 0 Å². The maximum absolute atomic E-state index is 12.6. The highest BCUT2D eigenvalue weighted by Gasteiger charge is 2.30. The number of alkyl halides is 3. The van der Waals surface area contributed by atoms with Crippen molar-refractivity contribution in [3.05, 3.63) is 65.0 Å². The van der Waals surface area contributed by atoms with Crippen molar-refractivity contribution in [3.8, 4) is 0 Å². The molecule has 2 aromatic carbocycles. The standard InChI is InChI=1S/C17H14F3NO3S2/c18-17(19,20)11-5-7-12(8-6-11)26(23,24)21-9-15(22)14-10-25-16-4-2-1-3-13(14)16/h1-8,10,15,21-22H,9H2/t15-/m0/s1. The molecule has 0 bridgehead atoms. The zero-order valence-corrected chi connectivity index (χ0v) is 14.8. The summed E-state index contributed by atoms with van der Waals surface area (Å²) in [6.07, 6.45) is -5.61. The van der Waals surface area contributed by atoms with Crippen LogP contribution >= 0.6 is 11.3 Å². The van der Waals surface area contributed by atoms with Crippen LogP contribution in [-0.2, 0) is 16.2 Å². The lowest BCUT2D eigenvalue weighted by atomic mass is 10.1. The van der Waals surface area contributed by atoms with Crippen LogP contribution in [0.4, 0.5) is 13.2 Å². The van der Waals surface area contributed by atoms with Gasteiger partial charge in [0.2, 0.25) is 10.0 Å². The Morgan fingerprint density at radius 3 is 2.38 bits per heavy atom. The molecule has 0 saturated heterocycles. The van der Waals surface area contributed by atoms with Gasteiger partial charge in [0, 0.05) is 16.8 Å². The number of hydrogen-bond donors (Lipinski definition) is 2. The first-order valence-corrected chi connectivity index (χ1v) is 9.86. The molecular weight excluding hydrogens is 387 g/mol. The molecule has 0 aliphatic carbocycles. The molecule has 26 heavy (non-hydrogen) atoms. The minimum atomic E-state index is -4.54. The van der Waals surface area contributed by atoms with Crippen LogP contribution in [0.5, 0.6) is 0 Å². The lowest BCUT2D eigenvalue weighted by Crippen LogP contribution is -2.28. The Morgan fingerprint density at radius 1 is 1.08 bits per heavy atom. The maximum Gasteiger partial charge on any atom is 0.416 e. The van der Waals surface area contributed by atoms with Gasteiger partial charge in [-0.15, -0.1) is 11.3 Å². The Labute approximate surface area is 152 Å². The van der Waals surface area contributed by atoms with Crippen LogP contribution < -0.4 is 4.72 Å². The summed E-state index contributed by atoms with van der Waals surface area (Å²) < 4.78 is 65.3. The molecule has 3 aromatic rings. The molecular formula is C17H14F3NO3S2. The molecule has 0 radical (unpaired) electrons. The van der Waals surface area contributed by atoms with E-state index in [2.05, 4.69) is 4.72 Å². The van der Waals surface area contributed by atoms with Gasteiger partial charge in [-0.2, -0.15) is 13.2 Å². The number of halogens is 3. The summed E-state index contributed by atoms with van der Waals surface area (Å²) >= 11 is 1.43. The number of thiophene rings is 1. The predicted octanol–water partition coefficient (Wildman–Crippen LogP) is 3.93. The number of benzene rings is 2. The van der Waals surface area contributed by atoms with Gasteiger partial charge in [0.15, 0.2) is 0 Å². The van der Waals surface area contributed by atoms with E-state index in [1.165, 1.54) is 11.3 Å². The molecule has 0 aliphatic heterocycles. The average molecular weight is 401 g/mol. The van der Waals surface area contributed by atoms with Crippen molar-refractivity contribution in [1.82, 2.24) is 4.72 Å². The summed E-state index contributed by atoms with van der Waals surface area (Å²) in [6, 6.07) is 10.6. The average Bonchev–Trinajstić information content (AvgIpc) is 3.03. The van der Waals surface area contributed by atoms with E-state index in [4.69, 9.17) is 0 Å². The lowest BCUT2D eigenvalue weighted by molar-refractivity contribution is -0.137. The highest BCUT2D eigenvalue weighted by atomic mass is 32.2. The molecule has 0 fully saturated rings. The largest absolute Gasteiger partial charge is 0.416 e. The molecule has 0 saturated carbocycles. The van der Waals surface area contributed by atoms with Gasteiger partial charge in [0.1, 0.15) is 0 Å². The zero-order chi connectivity index (χ0) is 18.9. The monoisotopic (exact) mass is 401 g/mol. The van der Waals surface area contributed by atoms with E-state index in [0.29, 0.717) is 17.7 Å². The van der Waals surface area contributed by atoms with Gasteiger partial charge in [-0.1, -0.05) is 18.2 Å². The van der Waals surface area contributed by atoms with E-state index in [-0.39, 0.29) is 11.4 Å². The van der Waals surface area contributed by atoms with Crippen molar-refractivity contribution in [3.63, 3.8) is 0 Å². The molecule has 138 valence electrons. The normalized spacial score (nSPS) is 13.8. The van der Waals surface area contributed by atoms with E-state index in [9.17, 15) is 26.7 Å². The number of rotatable bonds is 5. The number of fused-ring (bicyclic) bond motifs is 1. The van der Waals surface area contributed by atoms with Crippen molar-refractivity contribution in [1.29, 1.82) is 0 Å². The minimum absolute atomic E-state index is 0.288. The molecule has 0 unspecified atom stereocenters. The van der Waals surface area contributed by atoms with Gasteiger partial charge >= 0.3 is 6.18 Å². The van der Waals surface area contributed by atoms with Crippen LogP contribution in [0.1, 0.15) is 17.2 Å². The third-order valence-corrected chi connectivity index (χ3v) is 6.25. The van der Waals surface area contributed by atoms with E-state index < -0.39 is 27.9 Å². The molecule has 9 heteroatoms. The van der Waals surface area contributed by atoms with Gasteiger partial charge < -0.3 is 5.11 Å². The SMILES string of the molecule is O=S(=O)(NC[C@H](O)c1csc2ccccc12)c1ccc(C(F)(F)F)cc1. The fraction of sp³-hybridized carbons (Fsp3) is 0.176.